The van der Waals surface area contributed by atoms with Crippen LogP contribution in [0.3, 0.4) is 0 Å². The Hall–Kier alpha value is -1.96. The molecule has 1 nitrogen and oxygen atoms in total. The van der Waals surface area contributed by atoms with Crippen LogP contribution >= 0.6 is 0 Å². The van der Waals surface area contributed by atoms with Crippen molar-refractivity contribution < 1.29 is 4.42 Å². The highest BCUT2D eigenvalue weighted by molar-refractivity contribution is 6.33. The average Bonchev–Trinajstić information content (AvgIpc) is 2.72. The molecule has 1 aromatic heterocycles. The van der Waals surface area contributed by atoms with E-state index >= 15 is 0 Å². The Morgan fingerprint density at radius 1 is 0.833 bits per heavy atom. The second-order valence-corrected chi connectivity index (χ2v) is 5.06. The number of fused-ring (bicyclic) bond motifs is 4. The molecule has 2 heteroatoms. The second-order valence-electron chi connectivity index (χ2n) is 5.06. The van der Waals surface area contributed by atoms with E-state index in [0.717, 1.165) is 24.0 Å². The van der Waals surface area contributed by atoms with E-state index in [4.69, 9.17) is 4.42 Å². The standard InChI is InChI=1S/C16H13BO/c17-12-5-6-13-14-7-10-3-1-2-4-11(10)8-15(14)18-16(13)9-12/h3-9H,1-2,17H2. The van der Waals surface area contributed by atoms with Gasteiger partial charge < -0.3 is 4.42 Å². The predicted octanol–water partition coefficient (Wildman–Crippen LogP) is 1.20. The first-order valence-electron chi connectivity index (χ1n) is 6.44. The minimum atomic E-state index is 0.993. The zero-order chi connectivity index (χ0) is 12.1. The van der Waals surface area contributed by atoms with Gasteiger partial charge in [-0.05, 0) is 41.5 Å². The van der Waals surface area contributed by atoms with E-state index in [1.165, 1.54) is 26.7 Å². The molecule has 1 aliphatic carbocycles. The maximum Gasteiger partial charge on any atom is 0.139 e. The van der Waals surface area contributed by atoms with E-state index in [2.05, 4.69) is 50.3 Å². The van der Waals surface area contributed by atoms with Gasteiger partial charge in [0, 0.05) is 10.8 Å². The minimum absolute atomic E-state index is 0.993. The Labute approximate surface area is 106 Å². The van der Waals surface area contributed by atoms with E-state index in [1.807, 2.05) is 0 Å². The van der Waals surface area contributed by atoms with Gasteiger partial charge in [0.05, 0.1) is 0 Å². The number of rotatable bonds is 0. The third-order valence-corrected chi connectivity index (χ3v) is 3.73. The zero-order valence-corrected chi connectivity index (χ0v) is 10.4. The van der Waals surface area contributed by atoms with Crippen LogP contribution in [0.2, 0.25) is 0 Å². The highest BCUT2D eigenvalue weighted by Crippen LogP contribution is 2.25. The molecule has 3 aromatic rings. The fourth-order valence-corrected chi connectivity index (χ4v) is 2.79. The number of hydrogen-bond acceptors (Lipinski definition) is 1. The SMILES string of the molecule is Bc1ccc2c(c1)oc1cc3c(cc12)=CCCC=3. The molecule has 0 atom stereocenters. The molecule has 0 spiro atoms. The third-order valence-electron chi connectivity index (χ3n) is 3.73. The van der Waals surface area contributed by atoms with Gasteiger partial charge in [-0.2, -0.15) is 0 Å². The Morgan fingerprint density at radius 2 is 1.56 bits per heavy atom. The van der Waals surface area contributed by atoms with Gasteiger partial charge in [0.2, 0.25) is 0 Å². The van der Waals surface area contributed by atoms with E-state index in [0.29, 0.717) is 0 Å². The van der Waals surface area contributed by atoms with Crippen LogP contribution in [0.15, 0.2) is 34.7 Å². The first kappa shape index (κ1) is 10.0. The smallest absolute Gasteiger partial charge is 0.139 e. The summed E-state index contributed by atoms with van der Waals surface area (Å²) in [5, 5.41) is 5.11. The summed E-state index contributed by atoms with van der Waals surface area (Å²) in [6, 6.07) is 10.9. The Kier molecular flexibility index (Phi) is 1.96. The van der Waals surface area contributed by atoms with Gasteiger partial charge in [-0.25, -0.2) is 0 Å². The molecule has 0 radical (unpaired) electrons. The minimum Gasteiger partial charge on any atom is -0.456 e. The van der Waals surface area contributed by atoms with Crippen molar-refractivity contribution in [3.8, 4) is 0 Å². The maximum atomic E-state index is 5.97. The second kappa shape index (κ2) is 3.52. The lowest BCUT2D eigenvalue weighted by atomic mass is 9.95. The monoisotopic (exact) mass is 232 g/mol. The Morgan fingerprint density at radius 3 is 2.39 bits per heavy atom. The van der Waals surface area contributed by atoms with Crippen molar-refractivity contribution in [1.29, 1.82) is 0 Å². The molecule has 18 heavy (non-hydrogen) atoms. The molecule has 0 bridgehead atoms. The van der Waals surface area contributed by atoms with Crippen molar-refractivity contribution >= 4 is 47.4 Å². The number of benzene rings is 2. The molecule has 1 heterocycles. The summed E-state index contributed by atoms with van der Waals surface area (Å²) in [6.07, 6.45) is 6.90. The Bertz CT molecular complexity index is 887. The molecule has 0 N–H and O–H groups in total. The molecule has 0 unspecified atom stereocenters. The highest BCUT2D eigenvalue weighted by Gasteiger charge is 2.07. The normalized spacial score (nSPS) is 14.2. The molecule has 0 saturated carbocycles. The van der Waals surface area contributed by atoms with Crippen molar-refractivity contribution in [3.63, 3.8) is 0 Å². The lowest BCUT2D eigenvalue weighted by Crippen LogP contribution is -2.25. The molecular formula is C16H13BO. The maximum absolute atomic E-state index is 5.97. The highest BCUT2D eigenvalue weighted by atomic mass is 16.3. The summed E-state index contributed by atoms with van der Waals surface area (Å²) in [5.41, 5.74) is 3.23. The van der Waals surface area contributed by atoms with Crippen LogP contribution in [0.25, 0.3) is 34.1 Å². The van der Waals surface area contributed by atoms with Crippen LogP contribution in [-0.4, -0.2) is 7.85 Å². The summed E-state index contributed by atoms with van der Waals surface area (Å²) in [4.78, 5) is 0. The predicted molar refractivity (Wildman–Crippen MR) is 79.3 cm³/mol. The molecule has 0 amide bonds. The van der Waals surface area contributed by atoms with E-state index in [-0.39, 0.29) is 0 Å². The summed E-state index contributed by atoms with van der Waals surface area (Å²) in [7, 11) is 2.10. The molecule has 0 saturated heterocycles. The third kappa shape index (κ3) is 1.35. The van der Waals surface area contributed by atoms with Gasteiger partial charge >= 0.3 is 0 Å². The zero-order valence-electron chi connectivity index (χ0n) is 10.4. The molecule has 0 fully saturated rings. The Balaban J connectivity index is 2.23. The average molecular weight is 232 g/mol. The molecular weight excluding hydrogens is 219 g/mol. The van der Waals surface area contributed by atoms with Gasteiger partial charge in [0.15, 0.2) is 0 Å². The van der Waals surface area contributed by atoms with Crippen LogP contribution in [0.4, 0.5) is 0 Å². The summed E-state index contributed by atoms with van der Waals surface area (Å²) in [5.74, 6) is 0. The molecule has 4 rings (SSSR count). The van der Waals surface area contributed by atoms with E-state index < -0.39 is 0 Å². The van der Waals surface area contributed by atoms with Gasteiger partial charge in [-0.15, -0.1) is 0 Å². The van der Waals surface area contributed by atoms with Crippen molar-refractivity contribution in [1.82, 2.24) is 0 Å². The first-order valence-corrected chi connectivity index (χ1v) is 6.44. The van der Waals surface area contributed by atoms with Crippen LogP contribution in [0.1, 0.15) is 12.8 Å². The van der Waals surface area contributed by atoms with E-state index in [9.17, 15) is 0 Å². The van der Waals surface area contributed by atoms with Crippen LogP contribution in [0.5, 0.6) is 0 Å². The topological polar surface area (TPSA) is 13.1 Å². The molecule has 86 valence electrons. The quantitative estimate of drug-likeness (QED) is 0.531. The van der Waals surface area contributed by atoms with Crippen LogP contribution in [-0.2, 0) is 0 Å². The van der Waals surface area contributed by atoms with Crippen molar-refractivity contribution in [3.05, 3.63) is 40.8 Å². The van der Waals surface area contributed by atoms with E-state index in [1.54, 1.807) is 0 Å². The summed E-state index contributed by atoms with van der Waals surface area (Å²) >= 11 is 0. The van der Waals surface area contributed by atoms with Gasteiger partial charge in [-0.3, -0.25) is 0 Å². The molecule has 0 aliphatic heterocycles. The van der Waals surface area contributed by atoms with Crippen molar-refractivity contribution in [2.75, 3.05) is 0 Å². The van der Waals surface area contributed by atoms with Gasteiger partial charge in [0.1, 0.15) is 19.0 Å². The van der Waals surface area contributed by atoms with Crippen LogP contribution < -0.4 is 15.9 Å². The summed E-state index contributed by atoms with van der Waals surface area (Å²) < 4.78 is 5.97. The van der Waals surface area contributed by atoms with Crippen molar-refractivity contribution in [2.24, 2.45) is 0 Å². The van der Waals surface area contributed by atoms with Gasteiger partial charge in [-0.1, -0.05) is 29.7 Å². The first-order chi connectivity index (χ1) is 8.81. The lowest BCUT2D eigenvalue weighted by molar-refractivity contribution is 0.669. The lowest BCUT2D eigenvalue weighted by Gasteiger charge is -1.99. The summed E-state index contributed by atoms with van der Waals surface area (Å²) in [6.45, 7) is 0. The fourth-order valence-electron chi connectivity index (χ4n) is 2.79. The van der Waals surface area contributed by atoms with Crippen molar-refractivity contribution in [2.45, 2.75) is 12.8 Å². The fraction of sp³-hybridized carbons (Fsp3) is 0.125. The number of furan rings is 1. The number of hydrogen-bond donors (Lipinski definition) is 0. The van der Waals surface area contributed by atoms with Crippen LogP contribution in [0, 0.1) is 0 Å². The molecule has 1 aliphatic rings. The largest absolute Gasteiger partial charge is 0.456 e. The molecule has 2 aromatic carbocycles. The van der Waals surface area contributed by atoms with Gasteiger partial charge in [0.25, 0.3) is 0 Å².